The van der Waals surface area contributed by atoms with Crippen LogP contribution in [0.3, 0.4) is 0 Å². The summed E-state index contributed by atoms with van der Waals surface area (Å²) in [6.45, 7) is 7.94. The van der Waals surface area contributed by atoms with Crippen LogP contribution in [0.1, 0.15) is 56.1 Å². The molecule has 8 nitrogen and oxygen atoms in total. The van der Waals surface area contributed by atoms with Crippen molar-refractivity contribution in [1.82, 2.24) is 14.5 Å². The summed E-state index contributed by atoms with van der Waals surface area (Å²) in [5.41, 5.74) is 2.47. The van der Waals surface area contributed by atoms with Crippen LogP contribution in [0.15, 0.2) is 23.1 Å². The number of fused-ring (bicyclic) bond motifs is 1. The van der Waals surface area contributed by atoms with Gasteiger partial charge in [0.2, 0.25) is 21.8 Å². The summed E-state index contributed by atoms with van der Waals surface area (Å²) in [5.74, 6) is -0.0317. The van der Waals surface area contributed by atoms with Gasteiger partial charge in [-0.25, -0.2) is 13.1 Å². The van der Waals surface area contributed by atoms with Crippen molar-refractivity contribution in [2.24, 2.45) is 5.92 Å². The average molecular weight is 433 g/mol. The van der Waals surface area contributed by atoms with Gasteiger partial charge < -0.3 is 5.32 Å². The lowest BCUT2D eigenvalue weighted by atomic mass is 10.0. The van der Waals surface area contributed by atoms with Gasteiger partial charge in [0.05, 0.1) is 10.6 Å². The van der Waals surface area contributed by atoms with Gasteiger partial charge >= 0.3 is 0 Å². The Balaban J connectivity index is 2.16. The van der Waals surface area contributed by atoms with E-state index in [-0.39, 0.29) is 35.5 Å². The van der Waals surface area contributed by atoms with Gasteiger partial charge in [0.15, 0.2) is 0 Å². The van der Waals surface area contributed by atoms with Crippen LogP contribution in [0, 0.1) is 12.8 Å². The molecule has 1 amide bonds. The molecule has 1 aromatic heterocycles. The molecule has 9 heteroatoms. The molecule has 1 aliphatic heterocycles. The SMILES string of the molecule is CCCc1nn2c(c1-c1ccc(C)c(S(=O)(=O)NCC(C)C)c1)NC(=O)CCC2=O. The van der Waals surface area contributed by atoms with Gasteiger partial charge in [-0.3, -0.25) is 9.59 Å². The minimum Gasteiger partial charge on any atom is -0.310 e. The molecule has 3 rings (SSSR count). The lowest BCUT2D eigenvalue weighted by Gasteiger charge is -2.13. The molecule has 1 aromatic carbocycles. The second-order valence-corrected chi connectivity index (χ2v) is 9.74. The summed E-state index contributed by atoms with van der Waals surface area (Å²) in [7, 11) is -3.71. The van der Waals surface area contributed by atoms with Crippen LogP contribution in [0.25, 0.3) is 11.1 Å². The number of anilines is 1. The molecule has 0 bridgehead atoms. The molecular weight excluding hydrogens is 404 g/mol. The van der Waals surface area contributed by atoms with Gasteiger partial charge in [-0.05, 0) is 36.5 Å². The van der Waals surface area contributed by atoms with Crippen LogP contribution < -0.4 is 10.0 Å². The predicted octanol–water partition coefficient (Wildman–Crippen LogP) is 3.12. The molecule has 0 saturated heterocycles. The molecule has 0 radical (unpaired) electrons. The van der Waals surface area contributed by atoms with Gasteiger partial charge in [-0.1, -0.05) is 39.3 Å². The normalized spacial score (nSPS) is 14.6. The Morgan fingerprint density at radius 3 is 2.63 bits per heavy atom. The van der Waals surface area contributed by atoms with Gasteiger partial charge in [-0.2, -0.15) is 9.78 Å². The maximum atomic E-state index is 12.9. The third-order valence-corrected chi connectivity index (χ3v) is 6.52. The molecular formula is C21H28N4O4S. The highest BCUT2D eigenvalue weighted by molar-refractivity contribution is 7.89. The number of nitrogens with zero attached hydrogens (tertiary/aromatic N) is 2. The quantitative estimate of drug-likeness (QED) is 0.698. The molecule has 0 spiro atoms. The Bertz CT molecular complexity index is 1090. The first-order chi connectivity index (χ1) is 14.1. The first-order valence-electron chi connectivity index (χ1n) is 10.2. The Morgan fingerprint density at radius 2 is 1.97 bits per heavy atom. The molecule has 0 aliphatic carbocycles. The molecule has 2 heterocycles. The molecule has 0 fully saturated rings. The van der Waals surface area contributed by atoms with Crippen molar-refractivity contribution in [3.8, 4) is 11.1 Å². The van der Waals surface area contributed by atoms with Crippen LogP contribution in [0.5, 0.6) is 0 Å². The summed E-state index contributed by atoms with van der Waals surface area (Å²) in [5, 5.41) is 7.24. The van der Waals surface area contributed by atoms with Crippen molar-refractivity contribution in [2.75, 3.05) is 11.9 Å². The van der Waals surface area contributed by atoms with E-state index in [1.165, 1.54) is 4.68 Å². The van der Waals surface area contributed by atoms with Crippen molar-refractivity contribution in [1.29, 1.82) is 0 Å². The van der Waals surface area contributed by atoms with Gasteiger partial charge in [-0.15, -0.1) is 0 Å². The van der Waals surface area contributed by atoms with Crippen LogP contribution in [0.2, 0.25) is 0 Å². The third-order valence-electron chi connectivity index (χ3n) is 4.95. The number of sulfonamides is 1. The summed E-state index contributed by atoms with van der Waals surface area (Å²) < 4.78 is 29.7. The fraction of sp³-hybridized carbons (Fsp3) is 0.476. The van der Waals surface area contributed by atoms with Crippen LogP contribution >= 0.6 is 0 Å². The van der Waals surface area contributed by atoms with Crippen molar-refractivity contribution in [2.45, 2.75) is 58.3 Å². The van der Waals surface area contributed by atoms with Crippen molar-refractivity contribution in [3.63, 3.8) is 0 Å². The minimum atomic E-state index is -3.71. The van der Waals surface area contributed by atoms with Crippen molar-refractivity contribution < 1.29 is 18.0 Å². The number of benzene rings is 1. The van der Waals surface area contributed by atoms with E-state index in [0.29, 0.717) is 41.2 Å². The van der Waals surface area contributed by atoms with E-state index in [1.54, 1.807) is 25.1 Å². The van der Waals surface area contributed by atoms with Gasteiger partial charge in [0, 0.05) is 24.9 Å². The number of carbonyl (C=O) groups is 2. The lowest BCUT2D eigenvalue weighted by molar-refractivity contribution is -0.116. The molecule has 162 valence electrons. The Hall–Kier alpha value is -2.52. The number of hydrogen-bond donors (Lipinski definition) is 2. The van der Waals surface area contributed by atoms with Crippen molar-refractivity contribution in [3.05, 3.63) is 29.5 Å². The molecule has 0 unspecified atom stereocenters. The molecule has 2 aromatic rings. The van der Waals surface area contributed by atoms with E-state index in [0.717, 1.165) is 6.42 Å². The first kappa shape index (κ1) is 22.2. The predicted molar refractivity (Wildman–Crippen MR) is 115 cm³/mol. The highest BCUT2D eigenvalue weighted by Crippen LogP contribution is 2.36. The maximum Gasteiger partial charge on any atom is 0.249 e. The monoisotopic (exact) mass is 432 g/mol. The van der Waals surface area contributed by atoms with Crippen LogP contribution in [-0.2, 0) is 21.2 Å². The van der Waals surface area contributed by atoms with Crippen molar-refractivity contribution >= 4 is 27.7 Å². The minimum absolute atomic E-state index is 0.0815. The Morgan fingerprint density at radius 1 is 1.23 bits per heavy atom. The number of nitrogens with one attached hydrogen (secondary N) is 2. The zero-order valence-electron chi connectivity index (χ0n) is 17.8. The molecule has 1 aliphatic rings. The van der Waals surface area contributed by atoms with E-state index in [9.17, 15) is 18.0 Å². The second kappa shape index (κ2) is 8.69. The first-order valence-corrected chi connectivity index (χ1v) is 11.7. The second-order valence-electron chi connectivity index (χ2n) is 8.00. The molecule has 0 atom stereocenters. The summed E-state index contributed by atoms with van der Waals surface area (Å²) in [6.07, 6.45) is 1.56. The number of hydrogen-bond acceptors (Lipinski definition) is 5. The molecule has 0 saturated carbocycles. The summed E-state index contributed by atoms with van der Waals surface area (Å²) >= 11 is 0. The topological polar surface area (TPSA) is 110 Å². The molecule has 2 N–H and O–H groups in total. The van der Waals surface area contributed by atoms with Crippen LogP contribution in [-0.4, -0.2) is 36.6 Å². The van der Waals surface area contributed by atoms with E-state index in [1.807, 2.05) is 20.8 Å². The summed E-state index contributed by atoms with van der Waals surface area (Å²) in [4.78, 5) is 24.8. The highest BCUT2D eigenvalue weighted by atomic mass is 32.2. The fourth-order valence-electron chi connectivity index (χ4n) is 3.39. The average Bonchev–Trinajstić information content (AvgIpc) is 2.96. The number of rotatable bonds is 7. The Kier molecular flexibility index (Phi) is 6.42. The number of aromatic nitrogens is 2. The lowest BCUT2D eigenvalue weighted by Crippen LogP contribution is -2.28. The standard InChI is InChI=1S/C21H28N4O4S/c1-5-6-16-20(21-23-18(26)9-10-19(27)25(21)24-16)15-8-7-14(4)17(11-15)30(28,29)22-12-13(2)3/h7-8,11,13,22H,5-6,9-10,12H2,1-4H3,(H,23,26). The van der Waals surface area contributed by atoms with Crippen LogP contribution in [0.4, 0.5) is 5.82 Å². The Labute approximate surface area is 177 Å². The largest absolute Gasteiger partial charge is 0.310 e. The third kappa shape index (κ3) is 4.46. The number of carbonyl (C=O) groups excluding carboxylic acids is 2. The number of aryl methyl sites for hydroxylation is 2. The zero-order valence-corrected chi connectivity index (χ0v) is 18.6. The van der Waals surface area contributed by atoms with Gasteiger partial charge in [0.1, 0.15) is 5.82 Å². The highest BCUT2D eigenvalue weighted by Gasteiger charge is 2.28. The van der Waals surface area contributed by atoms with E-state index >= 15 is 0 Å². The van der Waals surface area contributed by atoms with E-state index < -0.39 is 10.0 Å². The number of amides is 1. The van der Waals surface area contributed by atoms with E-state index in [4.69, 9.17) is 0 Å². The smallest absolute Gasteiger partial charge is 0.249 e. The fourth-order valence-corrected chi connectivity index (χ4v) is 4.88. The van der Waals surface area contributed by atoms with Gasteiger partial charge in [0.25, 0.3) is 0 Å². The summed E-state index contributed by atoms with van der Waals surface area (Å²) in [6, 6.07) is 5.13. The maximum absolute atomic E-state index is 12.9. The zero-order chi connectivity index (χ0) is 22.1. The molecule has 30 heavy (non-hydrogen) atoms. The van der Waals surface area contributed by atoms with E-state index in [2.05, 4.69) is 15.1 Å².